The van der Waals surface area contributed by atoms with Gasteiger partial charge in [-0.3, -0.25) is 0 Å². The van der Waals surface area contributed by atoms with Crippen molar-refractivity contribution in [2.24, 2.45) is 0 Å². The number of hydrogen-bond donors (Lipinski definition) is 0. The molecule has 0 aliphatic rings. The van der Waals surface area contributed by atoms with E-state index in [0.717, 1.165) is 18.2 Å². The van der Waals surface area contributed by atoms with E-state index in [-0.39, 0.29) is 10.3 Å². The summed E-state index contributed by atoms with van der Waals surface area (Å²) in [4.78, 5) is 4.73. The maximum absolute atomic E-state index is 11.8. The lowest BCUT2D eigenvalue weighted by Crippen LogP contribution is -2.21. The standard InChI is InChI=1S/C21H24N2O4S/c1-21(2,14-15-8-6-5-7-9-15)20-22-19(23-27-20)13-16-10-11-18(28(4,24)25)17(12-16)26-3/h5-12H,13-14H2,1-4H3. The number of methoxy groups -OCH3 is 1. The van der Waals surface area contributed by atoms with Crippen LogP contribution >= 0.6 is 0 Å². The highest BCUT2D eigenvalue weighted by atomic mass is 32.2. The summed E-state index contributed by atoms with van der Waals surface area (Å²) in [6.07, 6.45) is 2.36. The summed E-state index contributed by atoms with van der Waals surface area (Å²) in [5.74, 6) is 1.43. The summed E-state index contributed by atoms with van der Waals surface area (Å²) in [7, 11) is -1.90. The van der Waals surface area contributed by atoms with E-state index in [0.29, 0.717) is 23.9 Å². The van der Waals surface area contributed by atoms with E-state index >= 15 is 0 Å². The van der Waals surface area contributed by atoms with E-state index in [1.807, 2.05) is 18.2 Å². The molecule has 0 fully saturated rings. The number of sulfone groups is 1. The summed E-state index contributed by atoms with van der Waals surface area (Å²) >= 11 is 0. The molecule has 0 spiro atoms. The van der Waals surface area contributed by atoms with Crippen LogP contribution in [-0.4, -0.2) is 31.9 Å². The average Bonchev–Trinajstić information content (AvgIpc) is 3.10. The fourth-order valence-corrected chi connectivity index (χ4v) is 3.92. The molecule has 0 amide bonds. The zero-order valence-corrected chi connectivity index (χ0v) is 17.3. The molecule has 1 heterocycles. The first kappa shape index (κ1) is 20.1. The Bertz CT molecular complexity index is 1060. The van der Waals surface area contributed by atoms with Gasteiger partial charge in [-0.05, 0) is 29.7 Å². The molecule has 0 saturated heterocycles. The summed E-state index contributed by atoms with van der Waals surface area (Å²) in [6.45, 7) is 4.14. The van der Waals surface area contributed by atoms with Crippen LogP contribution in [0.1, 0.15) is 36.7 Å². The lowest BCUT2D eigenvalue weighted by molar-refractivity contribution is 0.304. The monoisotopic (exact) mass is 400 g/mol. The highest BCUT2D eigenvalue weighted by Crippen LogP contribution is 2.28. The topological polar surface area (TPSA) is 82.3 Å². The maximum atomic E-state index is 11.8. The lowest BCUT2D eigenvalue weighted by atomic mass is 9.85. The van der Waals surface area contributed by atoms with Crippen molar-refractivity contribution in [2.45, 2.75) is 37.0 Å². The molecule has 0 aliphatic carbocycles. The number of aromatic nitrogens is 2. The van der Waals surface area contributed by atoms with Gasteiger partial charge in [0.1, 0.15) is 10.6 Å². The molecule has 0 unspecified atom stereocenters. The molecule has 148 valence electrons. The van der Waals surface area contributed by atoms with Crippen LogP contribution in [-0.2, 0) is 28.1 Å². The van der Waals surface area contributed by atoms with E-state index in [9.17, 15) is 8.42 Å². The minimum Gasteiger partial charge on any atom is -0.495 e. The first-order valence-corrected chi connectivity index (χ1v) is 10.8. The third kappa shape index (κ3) is 4.59. The van der Waals surface area contributed by atoms with Gasteiger partial charge < -0.3 is 9.26 Å². The minimum atomic E-state index is -3.35. The Morgan fingerprint density at radius 1 is 1.07 bits per heavy atom. The third-order valence-electron chi connectivity index (χ3n) is 4.53. The van der Waals surface area contributed by atoms with Gasteiger partial charge in [0.2, 0.25) is 5.89 Å². The van der Waals surface area contributed by atoms with Crippen LogP contribution in [0, 0.1) is 0 Å². The smallest absolute Gasteiger partial charge is 0.232 e. The first-order valence-electron chi connectivity index (χ1n) is 8.93. The minimum absolute atomic E-state index is 0.163. The van der Waals surface area contributed by atoms with Gasteiger partial charge in [0.15, 0.2) is 15.7 Å². The zero-order valence-electron chi connectivity index (χ0n) is 16.5. The molecule has 0 saturated carbocycles. The quantitative estimate of drug-likeness (QED) is 0.603. The lowest BCUT2D eigenvalue weighted by Gasteiger charge is -2.19. The number of nitrogens with zero attached hydrogens (tertiary/aromatic N) is 2. The largest absolute Gasteiger partial charge is 0.495 e. The predicted octanol–water partition coefficient (Wildman–Crippen LogP) is 3.59. The van der Waals surface area contributed by atoms with Gasteiger partial charge in [-0.15, -0.1) is 0 Å². The van der Waals surface area contributed by atoms with E-state index in [4.69, 9.17) is 9.26 Å². The Morgan fingerprint density at radius 2 is 1.79 bits per heavy atom. The van der Waals surface area contributed by atoms with Crippen molar-refractivity contribution in [2.75, 3.05) is 13.4 Å². The second kappa shape index (κ2) is 7.75. The van der Waals surface area contributed by atoms with Gasteiger partial charge in [-0.2, -0.15) is 4.98 Å². The van der Waals surface area contributed by atoms with Gasteiger partial charge in [-0.25, -0.2) is 8.42 Å². The summed E-state index contributed by atoms with van der Waals surface area (Å²) < 4.78 is 34.4. The molecule has 6 nitrogen and oxygen atoms in total. The number of hydrogen-bond acceptors (Lipinski definition) is 6. The van der Waals surface area contributed by atoms with Crippen molar-refractivity contribution < 1.29 is 17.7 Å². The van der Waals surface area contributed by atoms with Crippen molar-refractivity contribution >= 4 is 9.84 Å². The molecular formula is C21H24N2O4S. The maximum Gasteiger partial charge on any atom is 0.232 e. The van der Waals surface area contributed by atoms with Crippen LogP contribution in [0.2, 0.25) is 0 Å². The van der Waals surface area contributed by atoms with Crippen LogP contribution in [0.25, 0.3) is 0 Å². The van der Waals surface area contributed by atoms with E-state index < -0.39 is 9.84 Å². The zero-order chi connectivity index (χ0) is 20.4. The molecule has 3 rings (SSSR count). The second-order valence-corrected chi connectivity index (χ2v) is 9.48. The fourth-order valence-electron chi connectivity index (χ4n) is 3.09. The van der Waals surface area contributed by atoms with Gasteiger partial charge in [0.05, 0.1) is 7.11 Å². The Kier molecular flexibility index (Phi) is 5.56. The van der Waals surface area contributed by atoms with Crippen molar-refractivity contribution in [3.05, 3.63) is 71.4 Å². The molecule has 2 aromatic carbocycles. The average molecular weight is 401 g/mol. The molecule has 1 aromatic heterocycles. The molecule has 28 heavy (non-hydrogen) atoms. The second-order valence-electron chi connectivity index (χ2n) is 7.50. The third-order valence-corrected chi connectivity index (χ3v) is 5.66. The van der Waals surface area contributed by atoms with E-state index in [1.165, 1.54) is 12.7 Å². The predicted molar refractivity (Wildman–Crippen MR) is 106 cm³/mol. The molecule has 0 atom stereocenters. The normalized spacial score (nSPS) is 12.1. The summed E-state index contributed by atoms with van der Waals surface area (Å²) in [5, 5.41) is 4.10. The first-order chi connectivity index (χ1) is 13.2. The summed E-state index contributed by atoms with van der Waals surface area (Å²) in [5.41, 5.74) is 1.75. The van der Waals surface area contributed by atoms with Crippen molar-refractivity contribution in [3.8, 4) is 5.75 Å². The fraction of sp³-hybridized carbons (Fsp3) is 0.333. The summed E-state index contributed by atoms with van der Waals surface area (Å²) in [6, 6.07) is 15.2. The Hall–Kier alpha value is -2.67. The molecule has 0 aliphatic heterocycles. The van der Waals surface area contributed by atoms with Gasteiger partial charge in [0.25, 0.3) is 0 Å². The molecule has 3 aromatic rings. The Labute approximate surface area is 165 Å². The van der Waals surface area contributed by atoms with Crippen LogP contribution in [0.15, 0.2) is 57.9 Å². The van der Waals surface area contributed by atoms with Crippen LogP contribution in [0.4, 0.5) is 0 Å². The Balaban J connectivity index is 1.79. The van der Waals surface area contributed by atoms with E-state index in [1.54, 1.807) is 18.2 Å². The van der Waals surface area contributed by atoms with Crippen LogP contribution < -0.4 is 4.74 Å². The number of benzene rings is 2. The van der Waals surface area contributed by atoms with Gasteiger partial charge >= 0.3 is 0 Å². The highest BCUT2D eigenvalue weighted by molar-refractivity contribution is 7.90. The van der Waals surface area contributed by atoms with Gasteiger partial charge in [-0.1, -0.05) is 55.4 Å². The molecule has 0 radical (unpaired) electrons. The molecule has 0 bridgehead atoms. The van der Waals surface area contributed by atoms with Crippen molar-refractivity contribution in [1.29, 1.82) is 0 Å². The highest BCUT2D eigenvalue weighted by Gasteiger charge is 2.28. The Morgan fingerprint density at radius 3 is 2.43 bits per heavy atom. The molecular weight excluding hydrogens is 376 g/mol. The molecule has 0 N–H and O–H groups in total. The SMILES string of the molecule is COc1cc(Cc2noc(C(C)(C)Cc3ccccc3)n2)ccc1S(C)(=O)=O. The number of ether oxygens (including phenoxy) is 1. The van der Waals surface area contributed by atoms with E-state index in [2.05, 4.69) is 36.1 Å². The van der Waals surface area contributed by atoms with Crippen LogP contribution in [0.3, 0.4) is 0 Å². The van der Waals surface area contributed by atoms with Crippen molar-refractivity contribution in [3.63, 3.8) is 0 Å². The number of rotatable bonds is 7. The van der Waals surface area contributed by atoms with Crippen LogP contribution in [0.5, 0.6) is 5.75 Å². The molecule has 7 heteroatoms. The van der Waals surface area contributed by atoms with Crippen molar-refractivity contribution in [1.82, 2.24) is 10.1 Å². The van der Waals surface area contributed by atoms with Gasteiger partial charge in [0, 0.05) is 18.1 Å².